The molecule has 0 atom stereocenters. The third-order valence-electron chi connectivity index (χ3n) is 7.63. The number of aromatic nitrogens is 4. The molecule has 0 aliphatic heterocycles. The van der Waals surface area contributed by atoms with E-state index in [0.29, 0.717) is 11.9 Å². The number of nitrogens with zero attached hydrogens (tertiary/aromatic N) is 6. The lowest BCUT2D eigenvalue weighted by atomic mass is 9.92. The van der Waals surface area contributed by atoms with E-state index in [1.54, 1.807) is 24.8 Å². The molecule has 0 spiro atoms. The van der Waals surface area contributed by atoms with Crippen LogP contribution in [0.2, 0.25) is 0 Å². The standard InChI is InChI=1S/C36H24N6/c1-3-9-27(10-4-1)41(35-37-21-7-22-38-35)31-19-15-25-14-18-30-32(20-16-26-13-17-29(31)33(25)34(26)30)42(28-11-5-2-6-12-28)36-39-23-8-24-40-36/h1-24H. The molecule has 0 amide bonds. The molecule has 0 aliphatic carbocycles. The van der Waals surface area contributed by atoms with Gasteiger partial charge in [0.15, 0.2) is 0 Å². The second-order valence-electron chi connectivity index (χ2n) is 10.0. The minimum atomic E-state index is 0.621. The zero-order chi connectivity index (χ0) is 27.9. The van der Waals surface area contributed by atoms with Gasteiger partial charge in [0.25, 0.3) is 0 Å². The van der Waals surface area contributed by atoms with Gasteiger partial charge in [-0.1, -0.05) is 72.8 Å². The summed E-state index contributed by atoms with van der Waals surface area (Å²) in [5.41, 5.74) is 4.03. The maximum absolute atomic E-state index is 4.64. The third-order valence-corrected chi connectivity index (χ3v) is 7.63. The molecule has 0 N–H and O–H groups in total. The fourth-order valence-corrected chi connectivity index (χ4v) is 5.85. The van der Waals surface area contributed by atoms with Gasteiger partial charge in [0, 0.05) is 46.9 Å². The van der Waals surface area contributed by atoms with E-state index < -0.39 is 0 Å². The molecule has 6 aromatic carbocycles. The van der Waals surface area contributed by atoms with Gasteiger partial charge in [0.05, 0.1) is 11.4 Å². The van der Waals surface area contributed by atoms with Crippen LogP contribution in [0.1, 0.15) is 0 Å². The molecule has 0 radical (unpaired) electrons. The molecule has 8 aromatic rings. The summed E-state index contributed by atoms with van der Waals surface area (Å²) >= 11 is 0. The molecule has 2 aromatic heterocycles. The average molecular weight is 541 g/mol. The smallest absolute Gasteiger partial charge is 0.234 e. The van der Waals surface area contributed by atoms with Crippen molar-refractivity contribution in [1.29, 1.82) is 0 Å². The lowest BCUT2D eigenvalue weighted by Gasteiger charge is -2.27. The van der Waals surface area contributed by atoms with E-state index in [1.807, 2.05) is 48.5 Å². The predicted molar refractivity (Wildman–Crippen MR) is 171 cm³/mol. The van der Waals surface area contributed by atoms with Crippen LogP contribution in [0, 0.1) is 0 Å². The molecule has 42 heavy (non-hydrogen) atoms. The number of benzene rings is 6. The molecule has 0 unspecified atom stereocenters. The molecule has 6 nitrogen and oxygen atoms in total. The summed E-state index contributed by atoms with van der Waals surface area (Å²) in [4.78, 5) is 22.8. The molecule has 0 bridgehead atoms. The van der Waals surface area contributed by atoms with Gasteiger partial charge < -0.3 is 0 Å². The quantitative estimate of drug-likeness (QED) is 0.196. The molecular weight excluding hydrogens is 516 g/mol. The predicted octanol–water partition coefficient (Wildman–Crippen LogP) is 9.10. The van der Waals surface area contributed by atoms with Gasteiger partial charge in [0.2, 0.25) is 11.9 Å². The van der Waals surface area contributed by atoms with Crippen molar-refractivity contribution in [3.05, 3.63) is 146 Å². The average Bonchev–Trinajstić information content (AvgIpc) is 3.07. The summed E-state index contributed by atoms with van der Waals surface area (Å²) in [6.45, 7) is 0. The minimum Gasteiger partial charge on any atom is -0.279 e. The van der Waals surface area contributed by atoms with Gasteiger partial charge in [-0.15, -0.1) is 0 Å². The third kappa shape index (κ3) is 3.89. The van der Waals surface area contributed by atoms with Crippen molar-refractivity contribution in [3.8, 4) is 0 Å². The van der Waals surface area contributed by atoms with Crippen molar-refractivity contribution in [3.63, 3.8) is 0 Å². The van der Waals surface area contributed by atoms with E-state index in [0.717, 1.165) is 33.5 Å². The number of rotatable bonds is 6. The first-order chi connectivity index (χ1) is 20.9. The van der Waals surface area contributed by atoms with E-state index in [9.17, 15) is 0 Å². The normalized spacial score (nSPS) is 11.3. The molecule has 2 heterocycles. The van der Waals surface area contributed by atoms with Crippen LogP contribution in [0.3, 0.4) is 0 Å². The Morgan fingerprint density at radius 1 is 0.357 bits per heavy atom. The molecule has 0 saturated heterocycles. The molecule has 0 saturated carbocycles. The fourth-order valence-electron chi connectivity index (χ4n) is 5.85. The Hall–Kier alpha value is -5.88. The molecule has 0 aliphatic rings. The summed E-state index contributed by atoms with van der Waals surface area (Å²) in [5.74, 6) is 1.24. The summed E-state index contributed by atoms with van der Waals surface area (Å²) < 4.78 is 0. The second kappa shape index (κ2) is 9.94. The maximum Gasteiger partial charge on any atom is 0.234 e. The number of anilines is 6. The number of hydrogen-bond acceptors (Lipinski definition) is 6. The van der Waals surface area contributed by atoms with Crippen molar-refractivity contribution in [1.82, 2.24) is 19.9 Å². The second-order valence-corrected chi connectivity index (χ2v) is 10.0. The van der Waals surface area contributed by atoms with Crippen molar-refractivity contribution in [2.75, 3.05) is 9.80 Å². The number of para-hydroxylation sites is 2. The first-order valence-electron chi connectivity index (χ1n) is 13.8. The first kappa shape index (κ1) is 24.0. The topological polar surface area (TPSA) is 58.0 Å². The Bertz CT molecular complexity index is 1900. The van der Waals surface area contributed by atoms with Crippen molar-refractivity contribution < 1.29 is 0 Å². The van der Waals surface area contributed by atoms with Gasteiger partial charge in [-0.25, -0.2) is 19.9 Å². The highest BCUT2D eigenvalue weighted by Gasteiger charge is 2.22. The molecule has 8 rings (SSSR count). The van der Waals surface area contributed by atoms with Gasteiger partial charge >= 0.3 is 0 Å². The van der Waals surface area contributed by atoms with E-state index >= 15 is 0 Å². The highest BCUT2D eigenvalue weighted by Crippen LogP contribution is 2.46. The highest BCUT2D eigenvalue weighted by molar-refractivity contribution is 6.28. The van der Waals surface area contributed by atoms with Crippen LogP contribution in [0.5, 0.6) is 0 Å². The van der Waals surface area contributed by atoms with Crippen molar-refractivity contribution in [2.24, 2.45) is 0 Å². The largest absolute Gasteiger partial charge is 0.279 e. The van der Waals surface area contributed by atoms with Crippen LogP contribution in [0.15, 0.2) is 146 Å². The molecular formula is C36H24N6. The Morgan fingerprint density at radius 3 is 1.14 bits per heavy atom. The first-order valence-corrected chi connectivity index (χ1v) is 13.8. The van der Waals surface area contributed by atoms with Crippen molar-refractivity contribution >= 4 is 67.0 Å². The van der Waals surface area contributed by atoms with E-state index in [-0.39, 0.29) is 0 Å². The van der Waals surface area contributed by atoms with Gasteiger partial charge in [-0.3, -0.25) is 9.80 Å². The van der Waals surface area contributed by atoms with Gasteiger partial charge in [-0.2, -0.15) is 0 Å². The zero-order valence-electron chi connectivity index (χ0n) is 22.5. The summed E-state index contributed by atoms with van der Waals surface area (Å²) in [7, 11) is 0. The Labute approximate surface area is 242 Å². The summed E-state index contributed by atoms with van der Waals surface area (Å²) in [6, 6.07) is 41.8. The summed E-state index contributed by atoms with van der Waals surface area (Å²) in [6.07, 6.45) is 7.13. The van der Waals surface area contributed by atoms with Crippen LogP contribution in [-0.2, 0) is 0 Å². The van der Waals surface area contributed by atoms with Crippen LogP contribution < -0.4 is 9.80 Å². The lowest BCUT2D eigenvalue weighted by molar-refractivity contribution is 1.08. The van der Waals surface area contributed by atoms with Crippen LogP contribution in [0.4, 0.5) is 34.6 Å². The molecule has 0 fully saturated rings. The Morgan fingerprint density at radius 2 is 0.738 bits per heavy atom. The monoisotopic (exact) mass is 540 g/mol. The minimum absolute atomic E-state index is 0.621. The highest BCUT2D eigenvalue weighted by atomic mass is 15.3. The van der Waals surface area contributed by atoms with E-state index in [1.165, 1.54) is 21.5 Å². The zero-order valence-corrected chi connectivity index (χ0v) is 22.5. The van der Waals surface area contributed by atoms with Crippen LogP contribution in [-0.4, -0.2) is 19.9 Å². The van der Waals surface area contributed by atoms with Gasteiger partial charge in [-0.05, 0) is 70.1 Å². The van der Waals surface area contributed by atoms with E-state index in [2.05, 4.69) is 103 Å². The van der Waals surface area contributed by atoms with E-state index in [4.69, 9.17) is 0 Å². The Balaban J connectivity index is 1.42. The fraction of sp³-hybridized carbons (Fsp3) is 0. The Kier molecular flexibility index (Phi) is 5.67. The van der Waals surface area contributed by atoms with Gasteiger partial charge in [0.1, 0.15) is 0 Å². The summed E-state index contributed by atoms with van der Waals surface area (Å²) in [5, 5.41) is 7.00. The van der Waals surface area contributed by atoms with Crippen LogP contribution in [0.25, 0.3) is 32.3 Å². The van der Waals surface area contributed by atoms with Crippen molar-refractivity contribution in [2.45, 2.75) is 0 Å². The van der Waals surface area contributed by atoms with Crippen LogP contribution >= 0.6 is 0 Å². The maximum atomic E-state index is 4.64. The molecule has 198 valence electrons. The lowest BCUT2D eigenvalue weighted by Crippen LogP contribution is -2.14. The SMILES string of the molecule is c1ccc(N(c2ncccn2)c2ccc3ccc4c(N(c5ccccc5)c5ncccn5)ccc5ccc2c3c54)cc1. The molecule has 6 heteroatoms. The number of hydrogen-bond donors (Lipinski definition) is 0.